The Morgan fingerprint density at radius 1 is 1.35 bits per heavy atom. The van der Waals surface area contributed by atoms with Gasteiger partial charge in [0.05, 0.1) is 27.7 Å². The van der Waals surface area contributed by atoms with Gasteiger partial charge in [-0.15, -0.1) is 0 Å². The maximum absolute atomic E-state index is 11.9. The van der Waals surface area contributed by atoms with Gasteiger partial charge in [0.15, 0.2) is 5.75 Å². The zero-order valence-corrected chi connectivity index (χ0v) is 14.2. The van der Waals surface area contributed by atoms with E-state index in [1.54, 1.807) is 0 Å². The molecule has 0 aromatic heterocycles. The second kappa shape index (κ2) is 6.43. The first-order chi connectivity index (χ1) is 9.22. The molecule has 0 atom stereocenters. The third-order valence-electron chi connectivity index (χ3n) is 2.08. The van der Waals surface area contributed by atoms with Crippen LogP contribution in [0.4, 0.5) is 4.79 Å². The minimum absolute atomic E-state index is 0.0836. The minimum Gasteiger partial charge on any atom is -0.452 e. The van der Waals surface area contributed by atoms with E-state index < -0.39 is 16.4 Å². The zero-order valence-electron chi connectivity index (χ0n) is 10.3. The summed E-state index contributed by atoms with van der Waals surface area (Å²) in [5, 5.41) is 8.78. The Balaban J connectivity index is 3.17. The lowest BCUT2D eigenvalue weighted by Crippen LogP contribution is -2.36. The number of carbonyl (C=O) groups is 1. The first kappa shape index (κ1) is 16.7. The molecule has 0 heterocycles. The summed E-state index contributed by atoms with van der Waals surface area (Å²) in [4.78, 5) is 11.2. The third-order valence-corrected chi connectivity index (χ3v) is 4.46. The number of hydrogen-bond donors (Lipinski definition) is 0. The summed E-state index contributed by atoms with van der Waals surface area (Å²) in [5.74, 6) is -0.0836. The molecule has 0 bridgehead atoms. The van der Waals surface area contributed by atoms with Crippen molar-refractivity contribution in [2.24, 2.45) is 0 Å². The highest BCUT2D eigenvalue weighted by atomic mass is 79.9. The predicted molar refractivity (Wildman–Crippen MR) is 76.3 cm³/mol. The quantitative estimate of drug-likeness (QED) is 0.734. The fourth-order valence-corrected chi connectivity index (χ4v) is 3.41. The van der Waals surface area contributed by atoms with Crippen molar-refractivity contribution in [1.29, 1.82) is 5.26 Å². The van der Waals surface area contributed by atoms with Gasteiger partial charge < -0.3 is 8.92 Å². The van der Waals surface area contributed by atoms with Gasteiger partial charge in [-0.2, -0.15) is 18.0 Å². The summed E-state index contributed by atoms with van der Waals surface area (Å²) >= 11 is 6.18. The van der Waals surface area contributed by atoms with Gasteiger partial charge in [-0.1, -0.05) is 0 Å². The van der Waals surface area contributed by atoms with Crippen molar-refractivity contribution in [3.63, 3.8) is 0 Å². The van der Waals surface area contributed by atoms with Crippen LogP contribution in [0.2, 0.25) is 0 Å². The maximum Gasteiger partial charge on any atom is 0.425 e. The highest BCUT2D eigenvalue weighted by Gasteiger charge is 2.28. The molecule has 0 aliphatic rings. The molecule has 0 unspecified atom stereocenters. The van der Waals surface area contributed by atoms with Crippen LogP contribution in [0, 0.1) is 11.3 Å². The minimum atomic E-state index is -4.37. The van der Waals surface area contributed by atoms with Crippen LogP contribution in [0.25, 0.3) is 0 Å². The summed E-state index contributed by atoms with van der Waals surface area (Å²) in [6.45, 7) is 0. The third kappa shape index (κ3) is 3.62. The molecule has 20 heavy (non-hydrogen) atoms. The Morgan fingerprint density at radius 3 is 2.25 bits per heavy atom. The van der Waals surface area contributed by atoms with E-state index in [-0.39, 0.29) is 14.7 Å². The van der Waals surface area contributed by atoms with Crippen LogP contribution >= 0.6 is 31.9 Å². The average Bonchev–Trinajstić information content (AvgIpc) is 2.40. The zero-order chi connectivity index (χ0) is 15.5. The van der Waals surface area contributed by atoms with E-state index in [9.17, 15) is 13.2 Å². The van der Waals surface area contributed by atoms with Gasteiger partial charge in [-0.05, 0) is 44.0 Å². The molecule has 1 aromatic rings. The summed E-state index contributed by atoms with van der Waals surface area (Å²) < 4.78 is 33.6. The summed E-state index contributed by atoms with van der Waals surface area (Å²) in [7, 11) is -2.34. The van der Waals surface area contributed by atoms with Gasteiger partial charge >= 0.3 is 16.4 Å². The molecule has 0 radical (unpaired) electrons. The van der Waals surface area contributed by atoms with Crippen molar-refractivity contribution in [3.8, 4) is 11.8 Å². The van der Waals surface area contributed by atoms with E-state index in [0.717, 1.165) is 14.2 Å². The Labute approximate surface area is 132 Å². The van der Waals surface area contributed by atoms with Crippen LogP contribution in [-0.2, 0) is 15.0 Å². The van der Waals surface area contributed by atoms with Crippen molar-refractivity contribution < 1.29 is 22.1 Å². The summed E-state index contributed by atoms with van der Waals surface area (Å²) in [6, 6.07) is 4.66. The lowest BCUT2D eigenvalue weighted by molar-refractivity contribution is 0.152. The van der Waals surface area contributed by atoms with Gasteiger partial charge in [0.2, 0.25) is 0 Å². The number of rotatable bonds is 3. The SMILES string of the molecule is COC(=O)N(C)S(=O)(=O)Oc1c(Br)cc(C#N)cc1Br. The van der Waals surface area contributed by atoms with Crippen molar-refractivity contribution in [3.05, 3.63) is 26.6 Å². The van der Waals surface area contributed by atoms with Gasteiger partial charge in [0, 0.05) is 7.05 Å². The summed E-state index contributed by atoms with van der Waals surface area (Å²) in [5.41, 5.74) is 0.301. The topological polar surface area (TPSA) is 96.7 Å². The Hall–Kier alpha value is -1.31. The fraction of sp³-hybridized carbons (Fsp3) is 0.200. The van der Waals surface area contributed by atoms with Crippen LogP contribution in [-0.4, -0.2) is 33.0 Å². The molecule has 0 fully saturated rings. The van der Waals surface area contributed by atoms with Gasteiger partial charge in [-0.25, -0.2) is 4.79 Å². The van der Waals surface area contributed by atoms with E-state index in [1.165, 1.54) is 12.1 Å². The number of halogens is 2. The molecule has 1 rings (SSSR count). The number of ether oxygens (including phenoxy) is 1. The van der Waals surface area contributed by atoms with E-state index in [0.29, 0.717) is 9.87 Å². The van der Waals surface area contributed by atoms with Gasteiger partial charge in [0.1, 0.15) is 0 Å². The number of methoxy groups -OCH3 is 1. The van der Waals surface area contributed by atoms with Crippen LogP contribution < -0.4 is 4.18 Å². The van der Waals surface area contributed by atoms with Crippen molar-refractivity contribution in [2.75, 3.05) is 14.2 Å². The molecular formula is C10H8Br2N2O5S. The monoisotopic (exact) mass is 426 g/mol. The highest BCUT2D eigenvalue weighted by molar-refractivity contribution is 9.11. The van der Waals surface area contributed by atoms with Crippen LogP contribution in [0.5, 0.6) is 5.75 Å². The van der Waals surface area contributed by atoms with Crippen LogP contribution in [0.3, 0.4) is 0 Å². The molecule has 7 nitrogen and oxygen atoms in total. The van der Waals surface area contributed by atoms with Crippen molar-refractivity contribution in [1.82, 2.24) is 4.31 Å². The Bertz CT molecular complexity index is 660. The Morgan fingerprint density at radius 2 is 1.85 bits per heavy atom. The average molecular weight is 428 g/mol. The van der Waals surface area contributed by atoms with E-state index in [4.69, 9.17) is 9.44 Å². The smallest absolute Gasteiger partial charge is 0.425 e. The number of carbonyl (C=O) groups excluding carboxylic acids is 1. The molecule has 0 saturated carbocycles. The number of hydrogen-bond acceptors (Lipinski definition) is 6. The molecule has 108 valence electrons. The largest absolute Gasteiger partial charge is 0.452 e. The lowest BCUT2D eigenvalue weighted by atomic mass is 10.2. The number of amides is 1. The van der Waals surface area contributed by atoms with Gasteiger partial charge in [-0.3, -0.25) is 0 Å². The van der Waals surface area contributed by atoms with Gasteiger partial charge in [0.25, 0.3) is 0 Å². The normalized spacial score (nSPS) is 10.6. The number of benzene rings is 1. The number of nitriles is 1. The fourth-order valence-electron chi connectivity index (χ4n) is 1.09. The Kier molecular flexibility index (Phi) is 5.38. The number of nitrogens with zero attached hydrogens (tertiary/aromatic N) is 2. The molecule has 1 aromatic carbocycles. The van der Waals surface area contributed by atoms with Crippen LogP contribution in [0.15, 0.2) is 21.1 Å². The maximum atomic E-state index is 11.9. The molecule has 0 aliphatic heterocycles. The summed E-state index contributed by atoms with van der Waals surface area (Å²) in [6.07, 6.45) is -1.09. The first-order valence-electron chi connectivity index (χ1n) is 4.88. The lowest BCUT2D eigenvalue weighted by Gasteiger charge is -2.17. The predicted octanol–water partition coefficient (Wildman–Crippen LogP) is 2.41. The van der Waals surface area contributed by atoms with Crippen molar-refractivity contribution >= 4 is 48.3 Å². The van der Waals surface area contributed by atoms with Crippen LogP contribution in [0.1, 0.15) is 5.56 Å². The molecule has 0 N–H and O–H groups in total. The molecule has 10 heteroatoms. The van der Waals surface area contributed by atoms with E-state index in [1.807, 2.05) is 6.07 Å². The molecule has 1 amide bonds. The standard InChI is InChI=1S/C10H8Br2N2O5S/c1-14(10(15)18-2)20(16,17)19-9-7(11)3-6(5-13)4-8(9)12/h3-4H,1-2H3. The molecule has 0 saturated heterocycles. The van der Waals surface area contributed by atoms with E-state index >= 15 is 0 Å². The van der Waals surface area contributed by atoms with Crippen molar-refractivity contribution in [2.45, 2.75) is 0 Å². The highest BCUT2D eigenvalue weighted by Crippen LogP contribution is 2.35. The van der Waals surface area contributed by atoms with E-state index in [2.05, 4.69) is 36.6 Å². The molecule has 0 spiro atoms. The molecule has 0 aliphatic carbocycles. The second-order valence-corrected chi connectivity index (χ2v) is 6.64. The first-order valence-corrected chi connectivity index (χ1v) is 7.83. The molecular weight excluding hydrogens is 420 g/mol. The second-order valence-electron chi connectivity index (χ2n) is 3.36.